The zero-order valence-electron chi connectivity index (χ0n) is 15.2. The van der Waals surface area contributed by atoms with Crippen LogP contribution in [0.4, 0.5) is 0 Å². The molecule has 0 aromatic rings. The van der Waals surface area contributed by atoms with Crippen molar-refractivity contribution in [1.82, 2.24) is 5.32 Å². The summed E-state index contributed by atoms with van der Waals surface area (Å²) in [6.45, 7) is 5.29. The van der Waals surface area contributed by atoms with Gasteiger partial charge in [0.25, 0.3) is 0 Å². The Kier molecular flexibility index (Phi) is 3.32. The molecule has 5 aliphatic carbocycles. The summed E-state index contributed by atoms with van der Waals surface area (Å²) in [5.41, 5.74) is 1.13. The number of nitrogens with one attached hydrogen (secondary N) is 1. The molecular formula is C22H35N. The molecule has 1 nitrogen and oxygen atoms in total. The first-order valence-corrected chi connectivity index (χ1v) is 10.5. The van der Waals surface area contributed by atoms with Crippen molar-refractivity contribution in [3.63, 3.8) is 0 Å². The van der Waals surface area contributed by atoms with Crippen molar-refractivity contribution >= 4 is 0 Å². The molecule has 0 spiro atoms. The van der Waals surface area contributed by atoms with Crippen LogP contribution in [0.15, 0.2) is 12.2 Å². The van der Waals surface area contributed by atoms with Gasteiger partial charge < -0.3 is 5.32 Å². The molecule has 7 atom stereocenters. The van der Waals surface area contributed by atoms with Gasteiger partial charge in [0.15, 0.2) is 0 Å². The Morgan fingerprint density at radius 2 is 1.74 bits per heavy atom. The van der Waals surface area contributed by atoms with Gasteiger partial charge in [0, 0.05) is 12.1 Å². The van der Waals surface area contributed by atoms with E-state index < -0.39 is 0 Å². The Bertz CT molecular complexity index is 506. The van der Waals surface area contributed by atoms with Gasteiger partial charge in [0.2, 0.25) is 0 Å². The van der Waals surface area contributed by atoms with Crippen LogP contribution in [0.1, 0.15) is 78.1 Å². The molecular weight excluding hydrogens is 278 g/mol. The van der Waals surface area contributed by atoms with Crippen molar-refractivity contribution in [2.75, 3.05) is 0 Å². The van der Waals surface area contributed by atoms with Crippen molar-refractivity contribution in [3.8, 4) is 0 Å². The van der Waals surface area contributed by atoms with Gasteiger partial charge in [-0.1, -0.05) is 26.0 Å². The van der Waals surface area contributed by atoms with E-state index in [1.807, 2.05) is 0 Å². The summed E-state index contributed by atoms with van der Waals surface area (Å²) < 4.78 is 0. The number of rotatable bonds is 2. The van der Waals surface area contributed by atoms with Crippen LogP contribution in [0, 0.1) is 34.5 Å². The summed E-state index contributed by atoms with van der Waals surface area (Å²) in [5, 5.41) is 4.04. The average Bonchev–Trinajstić information content (AvgIpc) is 3.29. The molecule has 4 fully saturated rings. The van der Waals surface area contributed by atoms with Crippen LogP contribution in [0.5, 0.6) is 0 Å². The van der Waals surface area contributed by atoms with Gasteiger partial charge in [-0.05, 0) is 98.7 Å². The molecule has 0 aromatic heterocycles. The van der Waals surface area contributed by atoms with E-state index in [9.17, 15) is 0 Å². The Hall–Kier alpha value is -0.300. The summed E-state index contributed by atoms with van der Waals surface area (Å²) in [6.07, 6.45) is 19.8. The first kappa shape index (κ1) is 15.0. The minimum Gasteiger partial charge on any atom is -0.311 e. The third-order valence-electron chi connectivity index (χ3n) is 9.14. The molecule has 0 saturated heterocycles. The summed E-state index contributed by atoms with van der Waals surface area (Å²) >= 11 is 0. The van der Waals surface area contributed by atoms with Crippen LogP contribution in [0.3, 0.4) is 0 Å². The van der Waals surface area contributed by atoms with E-state index in [0.29, 0.717) is 10.8 Å². The second-order valence-electron chi connectivity index (χ2n) is 10.1. The predicted molar refractivity (Wildman–Crippen MR) is 96.2 cm³/mol. The lowest BCUT2D eigenvalue weighted by Gasteiger charge is -2.59. The second kappa shape index (κ2) is 5.10. The van der Waals surface area contributed by atoms with Gasteiger partial charge in [-0.15, -0.1) is 0 Å². The first-order valence-electron chi connectivity index (χ1n) is 10.5. The fourth-order valence-corrected chi connectivity index (χ4v) is 7.63. The summed E-state index contributed by atoms with van der Waals surface area (Å²) in [4.78, 5) is 0. The molecule has 2 unspecified atom stereocenters. The number of fused-ring (bicyclic) bond motifs is 5. The molecule has 1 N–H and O–H groups in total. The fourth-order valence-electron chi connectivity index (χ4n) is 7.63. The maximum atomic E-state index is 4.04. The van der Waals surface area contributed by atoms with Crippen molar-refractivity contribution in [1.29, 1.82) is 0 Å². The van der Waals surface area contributed by atoms with Crippen LogP contribution < -0.4 is 5.32 Å². The predicted octanol–water partition coefficient (Wildman–Crippen LogP) is 5.32. The molecule has 0 radical (unpaired) electrons. The monoisotopic (exact) mass is 313 g/mol. The van der Waals surface area contributed by atoms with Crippen molar-refractivity contribution in [3.05, 3.63) is 12.2 Å². The van der Waals surface area contributed by atoms with Gasteiger partial charge in [-0.3, -0.25) is 0 Å². The van der Waals surface area contributed by atoms with Crippen LogP contribution in [-0.4, -0.2) is 12.1 Å². The van der Waals surface area contributed by atoms with E-state index >= 15 is 0 Å². The topological polar surface area (TPSA) is 12.0 Å². The number of allylic oxidation sites excluding steroid dienone is 2. The van der Waals surface area contributed by atoms with Crippen LogP contribution in [0.2, 0.25) is 0 Å². The third-order valence-corrected chi connectivity index (χ3v) is 9.14. The maximum absolute atomic E-state index is 4.04. The molecule has 5 aliphatic rings. The first-order chi connectivity index (χ1) is 11.1. The van der Waals surface area contributed by atoms with E-state index in [1.54, 1.807) is 0 Å². The van der Waals surface area contributed by atoms with E-state index in [2.05, 4.69) is 31.3 Å². The Morgan fingerprint density at radius 3 is 2.57 bits per heavy atom. The normalized spacial score (nSPS) is 55.1. The summed E-state index contributed by atoms with van der Waals surface area (Å²) in [6, 6.07) is 1.70. The lowest BCUT2D eigenvalue weighted by Crippen LogP contribution is -2.54. The van der Waals surface area contributed by atoms with Crippen molar-refractivity contribution in [2.45, 2.75) is 90.1 Å². The average molecular weight is 314 g/mol. The molecule has 0 aliphatic heterocycles. The lowest BCUT2D eigenvalue weighted by atomic mass is 9.46. The van der Waals surface area contributed by atoms with E-state index in [0.717, 1.165) is 35.8 Å². The fraction of sp³-hybridized carbons (Fsp3) is 0.909. The molecule has 1 heteroatoms. The highest BCUT2D eigenvalue weighted by Crippen LogP contribution is 2.65. The highest BCUT2D eigenvalue weighted by molar-refractivity contribution is 5.16. The standard InChI is InChI=1S/C22H35N/c1-21-13-4-3-5-15(21)6-9-17-18-10-11-20(23-16-7-8-16)22(18,2)14-12-19(17)21/h4,13,15-20,23H,3,5-12,14H2,1-2H3/t15?,17-,18-,19+,20?,21-,22-/m0/s1. The van der Waals surface area contributed by atoms with Crippen LogP contribution in [-0.2, 0) is 0 Å². The van der Waals surface area contributed by atoms with Crippen molar-refractivity contribution < 1.29 is 0 Å². The Labute approximate surface area is 142 Å². The molecule has 23 heavy (non-hydrogen) atoms. The van der Waals surface area contributed by atoms with E-state index in [-0.39, 0.29) is 0 Å². The summed E-state index contributed by atoms with van der Waals surface area (Å²) in [7, 11) is 0. The van der Waals surface area contributed by atoms with Gasteiger partial charge in [0.05, 0.1) is 0 Å². The molecule has 0 bridgehead atoms. The molecule has 0 aromatic carbocycles. The second-order valence-corrected chi connectivity index (χ2v) is 10.1. The Balaban J connectivity index is 1.42. The highest BCUT2D eigenvalue weighted by atomic mass is 15.0. The largest absolute Gasteiger partial charge is 0.311 e. The third kappa shape index (κ3) is 2.14. The molecule has 0 amide bonds. The van der Waals surface area contributed by atoms with E-state index in [1.165, 1.54) is 64.2 Å². The maximum Gasteiger partial charge on any atom is 0.0126 e. The SMILES string of the molecule is C[C@]12C=CCCC1CC[C@@H]1[C@H]2CC[C@]2(C)C(NC3CC3)CC[C@@H]12. The molecule has 0 heterocycles. The van der Waals surface area contributed by atoms with Crippen LogP contribution >= 0.6 is 0 Å². The quantitative estimate of drug-likeness (QED) is 0.681. The number of hydrogen-bond acceptors (Lipinski definition) is 1. The van der Waals surface area contributed by atoms with Gasteiger partial charge in [-0.25, -0.2) is 0 Å². The lowest BCUT2D eigenvalue weighted by molar-refractivity contribution is -0.0738. The summed E-state index contributed by atoms with van der Waals surface area (Å²) in [5.74, 6) is 3.99. The zero-order valence-corrected chi connectivity index (χ0v) is 15.2. The van der Waals surface area contributed by atoms with Gasteiger partial charge >= 0.3 is 0 Å². The Morgan fingerprint density at radius 1 is 0.870 bits per heavy atom. The highest BCUT2D eigenvalue weighted by Gasteiger charge is 2.59. The van der Waals surface area contributed by atoms with Crippen LogP contribution in [0.25, 0.3) is 0 Å². The zero-order chi connectivity index (χ0) is 15.7. The minimum absolute atomic E-state index is 0.532. The van der Waals surface area contributed by atoms with Crippen molar-refractivity contribution in [2.24, 2.45) is 34.5 Å². The minimum atomic E-state index is 0.532. The van der Waals surface area contributed by atoms with E-state index in [4.69, 9.17) is 0 Å². The molecule has 5 rings (SSSR count). The molecule has 4 saturated carbocycles. The van der Waals surface area contributed by atoms with Gasteiger partial charge in [0.1, 0.15) is 0 Å². The number of hydrogen-bond donors (Lipinski definition) is 1. The molecule has 128 valence electrons. The van der Waals surface area contributed by atoms with Gasteiger partial charge in [-0.2, -0.15) is 0 Å². The smallest absolute Gasteiger partial charge is 0.0126 e.